The Morgan fingerprint density at radius 2 is 1.95 bits per heavy atom. The van der Waals surface area contributed by atoms with E-state index in [-0.39, 0.29) is 17.3 Å². The number of ether oxygens (including phenoxy) is 1. The monoisotopic (exact) mass is 301 g/mol. The summed E-state index contributed by atoms with van der Waals surface area (Å²) in [5.41, 5.74) is 8.19. The number of nitrogens with zero attached hydrogens (tertiary/aromatic N) is 4. The van der Waals surface area contributed by atoms with Crippen molar-refractivity contribution in [3.8, 4) is 17.3 Å². The number of anilines is 1. The number of nitrogen functional groups attached to an aromatic ring is 1. The van der Waals surface area contributed by atoms with Crippen molar-refractivity contribution in [2.75, 3.05) is 5.73 Å². The highest BCUT2D eigenvalue weighted by Crippen LogP contribution is 2.25. The van der Waals surface area contributed by atoms with E-state index in [2.05, 4.69) is 25.1 Å². The number of hydrogen-bond acceptors (Lipinski definition) is 8. The Labute approximate surface area is 126 Å². The number of aromatic nitrogens is 4. The molecule has 8 nitrogen and oxygen atoms in total. The lowest BCUT2D eigenvalue weighted by molar-refractivity contribution is 0.175. The molecule has 8 heteroatoms. The summed E-state index contributed by atoms with van der Waals surface area (Å²) in [6, 6.07) is 5.86. The van der Waals surface area contributed by atoms with Gasteiger partial charge in [0.25, 0.3) is 5.89 Å². The first kappa shape index (κ1) is 14.1. The second-order valence-electron chi connectivity index (χ2n) is 4.96. The Morgan fingerprint density at radius 1 is 1.14 bits per heavy atom. The van der Waals surface area contributed by atoms with E-state index in [4.69, 9.17) is 15.0 Å². The van der Waals surface area contributed by atoms with Crippen molar-refractivity contribution in [3.05, 3.63) is 35.2 Å². The van der Waals surface area contributed by atoms with Crippen LogP contribution in [0.3, 0.4) is 0 Å². The van der Waals surface area contributed by atoms with Gasteiger partial charge in [-0.15, -0.1) is 0 Å². The summed E-state index contributed by atoms with van der Waals surface area (Å²) < 4.78 is 15.5. The van der Waals surface area contributed by atoms with Crippen LogP contribution in [0.25, 0.3) is 11.5 Å². The predicted molar refractivity (Wildman–Crippen MR) is 77.0 cm³/mol. The van der Waals surface area contributed by atoms with Gasteiger partial charge in [0.05, 0.1) is 0 Å². The second kappa shape index (κ2) is 5.47. The number of hydrogen-bond donors (Lipinski definition) is 1. The SMILES string of the molecule is Cc1ccc(O[C@@H](C)c2nc(-c3nonc3N)no2)cc1C. The third-order valence-corrected chi connectivity index (χ3v) is 3.31. The summed E-state index contributed by atoms with van der Waals surface area (Å²) in [4.78, 5) is 4.20. The number of nitrogens with two attached hydrogens (primary N) is 1. The smallest absolute Gasteiger partial charge is 0.267 e. The first-order chi connectivity index (χ1) is 10.5. The Hall–Kier alpha value is -2.90. The molecule has 2 heterocycles. The van der Waals surface area contributed by atoms with Gasteiger partial charge >= 0.3 is 0 Å². The Morgan fingerprint density at radius 3 is 2.64 bits per heavy atom. The Kier molecular flexibility index (Phi) is 3.50. The molecule has 0 radical (unpaired) electrons. The third-order valence-electron chi connectivity index (χ3n) is 3.31. The van der Waals surface area contributed by atoms with Crippen molar-refractivity contribution in [1.82, 2.24) is 20.5 Å². The Balaban J connectivity index is 1.78. The fourth-order valence-corrected chi connectivity index (χ4v) is 1.89. The molecule has 0 aliphatic rings. The average molecular weight is 301 g/mol. The molecule has 0 unspecified atom stereocenters. The summed E-state index contributed by atoms with van der Waals surface area (Å²) in [5.74, 6) is 1.37. The minimum atomic E-state index is -0.413. The van der Waals surface area contributed by atoms with Gasteiger partial charge in [0.2, 0.25) is 5.82 Å². The molecule has 114 valence electrons. The van der Waals surface area contributed by atoms with Crippen LogP contribution in [0.4, 0.5) is 5.82 Å². The van der Waals surface area contributed by atoms with Crippen LogP contribution in [-0.2, 0) is 0 Å². The third kappa shape index (κ3) is 2.62. The maximum Gasteiger partial charge on any atom is 0.267 e. The van der Waals surface area contributed by atoms with Gasteiger partial charge in [-0.25, -0.2) is 4.63 Å². The van der Waals surface area contributed by atoms with Crippen molar-refractivity contribution in [2.45, 2.75) is 26.9 Å². The molecule has 3 rings (SSSR count). The van der Waals surface area contributed by atoms with Gasteiger partial charge < -0.3 is 15.0 Å². The van der Waals surface area contributed by atoms with Crippen molar-refractivity contribution < 1.29 is 13.9 Å². The highest BCUT2D eigenvalue weighted by atomic mass is 16.6. The van der Waals surface area contributed by atoms with Crippen LogP contribution in [0.5, 0.6) is 5.75 Å². The summed E-state index contributed by atoms with van der Waals surface area (Å²) >= 11 is 0. The van der Waals surface area contributed by atoms with E-state index < -0.39 is 6.10 Å². The fourth-order valence-electron chi connectivity index (χ4n) is 1.89. The van der Waals surface area contributed by atoms with E-state index in [0.29, 0.717) is 5.89 Å². The van der Waals surface area contributed by atoms with Crippen LogP contribution in [0.1, 0.15) is 30.0 Å². The highest BCUT2D eigenvalue weighted by Gasteiger charge is 2.20. The summed E-state index contributed by atoms with van der Waals surface area (Å²) in [5, 5.41) is 10.9. The van der Waals surface area contributed by atoms with Gasteiger partial charge in [0.15, 0.2) is 17.6 Å². The lowest BCUT2D eigenvalue weighted by Gasteiger charge is -2.12. The van der Waals surface area contributed by atoms with E-state index in [0.717, 1.165) is 11.3 Å². The fraction of sp³-hybridized carbons (Fsp3) is 0.286. The molecule has 0 aliphatic heterocycles. The zero-order valence-electron chi connectivity index (χ0n) is 12.4. The van der Waals surface area contributed by atoms with Crippen LogP contribution in [-0.4, -0.2) is 20.5 Å². The number of rotatable bonds is 4. The first-order valence-corrected chi connectivity index (χ1v) is 6.70. The molecule has 0 saturated carbocycles. The van der Waals surface area contributed by atoms with Crippen molar-refractivity contribution >= 4 is 5.82 Å². The molecule has 1 aromatic carbocycles. The number of benzene rings is 1. The molecule has 0 fully saturated rings. The minimum Gasteiger partial charge on any atom is -0.481 e. The van der Waals surface area contributed by atoms with E-state index in [9.17, 15) is 0 Å². The molecule has 22 heavy (non-hydrogen) atoms. The molecular weight excluding hydrogens is 286 g/mol. The summed E-state index contributed by atoms with van der Waals surface area (Å²) in [6.07, 6.45) is -0.413. The number of aryl methyl sites for hydroxylation is 2. The topological polar surface area (TPSA) is 113 Å². The zero-order chi connectivity index (χ0) is 15.7. The van der Waals surface area contributed by atoms with E-state index in [1.807, 2.05) is 39.0 Å². The predicted octanol–water partition coefficient (Wildman–Crippen LogP) is 2.46. The molecule has 0 bridgehead atoms. The van der Waals surface area contributed by atoms with Gasteiger partial charge in [0, 0.05) is 0 Å². The highest BCUT2D eigenvalue weighted by molar-refractivity contribution is 5.61. The van der Waals surface area contributed by atoms with Gasteiger partial charge in [-0.05, 0) is 54.3 Å². The Bertz CT molecular complexity index is 795. The standard InChI is InChI=1S/C14H15N5O3/c1-7-4-5-10(6-8(7)2)20-9(3)14-16-13(19-21-14)11-12(15)18-22-17-11/h4-6,9H,1-3H3,(H2,15,18)/t9-/m0/s1. The molecule has 0 spiro atoms. The van der Waals surface area contributed by atoms with Crippen molar-refractivity contribution in [1.29, 1.82) is 0 Å². The summed E-state index contributed by atoms with van der Waals surface area (Å²) in [6.45, 7) is 5.89. The lowest BCUT2D eigenvalue weighted by Crippen LogP contribution is -2.04. The molecular formula is C14H15N5O3. The second-order valence-corrected chi connectivity index (χ2v) is 4.96. The van der Waals surface area contributed by atoms with Gasteiger partial charge in [-0.3, -0.25) is 0 Å². The lowest BCUT2D eigenvalue weighted by atomic mass is 10.1. The van der Waals surface area contributed by atoms with Crippen LogP contribution in [0, 0.1) is 13.8 Å². The van der Waals surface area contributed by atoms with E-state index >= 15 is 0 Å². The molecule has 2 N–H and O–H groups in total. The maximum atomic E-state index is 5.81. The molecule has 2 aromatic heterocycles. The largest absolute Gasteiger partial charge is 0.481 e. The zero-order valence-corrected chi connectivity index (χ0v) is 12.4. The first-order valence-electron chi connectivity index (χ1n) is 6.70. The van der Waals surface area contributed by atoms with E-state index in [1.54, 1.807) is 0 Å². The quantitative estimate of drug-likeness (QED) is 0.781. The van der Waals surface area contributed by atoms with Crippen molar-refractivity contribution in [3.63, 3.8) is 0 Å². The maximum absolute atomic E-state index is 5.81. The van der Waals surface area contributed by atoms with Gasteiger partial charge in [0.1, 0.15) is 5.75 Å². The average Bonchev–Trinajstić information content (AvgIpc) is 3.11. The molecule has 0 aliphatic carbocycles. The molecule has 0 amide bonds. The normalized spacial score (nSPS) is 12.3. The molecule has 0 saturated heterocycles. The molecule has 1 atom stereocenters. The van der Waals surface area contributed by atoms with Crippen LogP contribution in [0.15, 0.2) is 27.4 Å². The molecule has 3 aromatic rings. The van der Waals surface area contributed by atoms with Crippen LogP contribution < -0.4 is 10.5 Å². The van der Waals surface area contributed by atoms with Crippen molar-refractivity contribution in [2.24, 2.45) is 0 Å². The summed E-state index contributed by atoms with van der Waals surface area (Å²) in [7, 11) is 0. The van der Waals surface area contributed by atoms with Crippen LogP contribution in [0.2, 0.25) is 0 Å². The van der Waals surface area contributed by atoms with Gasteiger partial charge in [-0.1, -0.05) is 11.2 Å². The van der Waals surface area contributed by atoms with E-state index in [1.165, 1.54) is 5.56 Å². The van der Waals surface area contributed by atoms with Gasteiger partial charge in [-0.2, -0.15) is 4.98 Å². The van der Waals surface area contributed by atoms with Crippen LogP contribution >= 0.6 is 0 Å². The minimum absolute atomic E-state index is 0.107.